The largest absolute Gasteiger partial charge is 0.343 e. The SMILES string of the molecule is C=O.CCCC(=O)N(CC)CC. The molecule has 3 heteroatoms. The fourth-order valence-electron chi connectivity index (χ4n) is 0.948. The van der Waals surface area contributed by atoms with Crippen LogP contribution in [0.5, 0.6) is 0 Å². The molecule has 0 unspecified atom stereocenters. The lowest BCUT2D eigenvalue weighted by atomic mass is 10.3. The van der Waals surface area contributed by atoms with Crippen molar-refractivity contribution in [3.05, 3.63) is 0 Å². The molecule has 0 atom stereocenters. The summed E-state index contributed by atoms with van der Waals surface area (Å²) in [5.41, 5.74) is 0. The molecule has 0 saturated carbocycles. The van der Waals surface area contributed by atoms with Crippen LogP contribution in [-0.4, -0.2) is 30.7 Å². The lowest BCUT2D eigenvalue weighted by molar-refractivity contribution is -0.130. The van der Waals surface area contributed by atoms with Crippen molar-refractivity contribution in [2.45, 2.75) is 33.6 Å². The highest BCUT2D eigenvalue weighted by atomic mass is 16.2. The molecular formula is C9H19NO2. The van der Waals surface area contributed by atoms with Gasteiger partial charge in [-0.3, -0.25) is 4.79 Å². The van der Waals surface area contributed by atoms with Gasteiger partial charge in [0.15, 0.2) is 0 Å². The summed E-state index contributed by atoms with van der Waals surface area (Å²) in [6.07, 6.45) is 1.65. The summed E-state index contributed by atoms with van der Waals surface area (Å²) < 4.78 is 0. The third-order valence-electron chi connectivity index (χ3n) is 1.58. The molecule has 72 valence electrons. The van der Waals surface area contributed by atoms with Crippen molar-refractivity contribution in [1.82, 2.24) is 4.90 Å². The van der Waals surface area contributed by atoms with Gasteiger partial charge in [0.2, 0.25) is 5.91 Å². The quantitative estimate of drug-likeness (QED) is 0.645. The fraction of sp³-hybridized carbons (Fsp3) is 0.778. The number of nitrogens with zero attached hydrogens (tertiary/aromatic N) is 1. The van der Waals surface area contributed by atoms with Crippen molar-refractivity contribution in [1.29, 1.82) is 0 Å². The van der Waals surface area contributed by atoms with Crippen LogP contribution in [0, 0.1) is 0 Å². The van der Waals surface area contributed by atoms with E-state index in [4.69, 9.17) is 4.79 Å². The zero-order valence-electron chi connectivity index (χ0n) is 8.30. The van der Waals surface area contributed by atoms with Crippen LogP contribution in [0.2, 0.25) is 0 Å². The molecule has 0 spiro atoms. The lowest BCUT2D eigenvalue weighted by Gasteiger charge is -2.17. The van der Waals surface area contributed by atoms with Gasteiger partial charge in [0.25, 0.3) is 0 Å². The van der Waals surface area contributed by atoms with Gasteiger partial charge < -0.3 is 9.69 Å². The number of rotatable bonds is 4. The number of hydrogen-bond acceptors (Lipinski definition) is 2. The van der Waals surface area contributed by atoms with Crippen molar-refractivity contribution in [2.24, 2.45) is 0 Å². The maximum Gasteiger partial charge on any atom is 0.222 e. The van der Waals surface area contributed by atoms with Crippen LogP contribution in [0.25, 0.3) is 0 Å². The average Bonchev–Trinajstić information content (AvgIpc) is 2.11. The average molecular weight is 173 g/mol. The Labute approximate surface area is 74.7 Å². The summed E-state index contributed by atoms with van der Waals surface area (Å²) in [6.45, 7) is 9.74. The van der Waals surface area contributed by atoms with Crippen LogP contribution in [-0.2, 0) is 9.59 Å². The summed E-state index contributed by atoms with van der Waals surface area (Å²) >= 11 is 0. The zero-order chi connectivity index (χ0) is 9.98. The van der Waals surface area contributed by atoms with Crippen LogP contribution >= 0.6 is 0 Å². The van der Waals surface area contributed by atoms with E-state index in [1.165, 1.54) is 0 Å². The molecule has 0 radical (unpaired) electrons. The van der Waals surface area contributed by atoms with E-state index in [0.29, 0.717) is 6.42 Å². The first-order chi connectivity index (χ1) is 5.76. The minimum Gasteiger partial charge on any atom is -0.343 e. The first kappa shape index (κ1) is 13.7. The lowest BCUT2D eigenvalue weighted by Crippen LogP contribution is -2.29. The van der Waals surface area contributed by atoms with Crippen molar-refractivity contribution < 1.29 is 9.59 Å². The Morgan fingerprint density at radius 1 is 1.17 bits per heavy atom. The summed E-state index contributed by atoms with van der Waals surface area (Å²) in [5.74, 6) is 0.285. The van der Waals surface area contributed by atoms with Crippen LogP contribution in [0.1, 0.15) is 33.6 Å². The first-order valence-electron chi connectivity index (χ1n) is 4.32. The van der Waals surface area contributed by atoms with Crippen molar-refractivity contribution >= 4 is 12.7 Å². The van der Waals surface area contributed by atoms with Gasteiger partial charge in [-0.25, -0.2) is 0 Å². The Hall–Kier alpha value is -0.860. The van der Waals surface area contributed by atoms with Gasteiger partial charge in [0.1, 0.15) is 6.79 Å². The second kappa shape index (κ2) is 10.1. The van der Waals surface area contributed by atoms with Gasteiger partial charge in [-0.05, 0) is 20.3 Å². The molecule has 12 heavy (non-hydrogen) atoms. The molecule has 3 nitrogen and oxygen atoms in total. The van der Waals surface area contributed by atoms with Crippen LogP contribution in [0.4, 0.5) is 0 Å². The van der Waals surface area contributed by atoms with Crippen LogP contribution in [0.15, 0.2) is 0 Å². The summed E-state index contributed by atoms with van der Waals surface area (Å²) in [7, 11) is 0. The van der Waals surface area contributed by atoms with Crippen molar-refractivity contribution in [2.75, 3.05) is 13.1 Å². The summed E-state index contributed by atoms with van der Waals surface area (Å²) in [5, 5.41) is 0. The molecule has 0 rings (SSSR count). The fourth-order valence-corrected chi connectivity index (χ4v) is 0.948. The van der Waals surface area contributed by atoms with Crippen LogP contribution < -0.4 is 0 Å². The van der Waals surface area contributed by atoms with E-state index in [2.05, 4.69) is 0 Å². The molecule has 0 aromatic heterocycles. The molecule has 0 saturated heterocycles. The van der Waals surface area contributed by atoms with Crippen LogP contribution in [0.3, 0.4) is 0 Å². The standard InChI is InChI=1S/C8H17NO.CH2O/c1-4-7-8(10)9(5-2)6-3;1-2/h4-7H2,1-3H3;1H2. The maximum absolute atomic E-state index is 11.1. The van der Waals surface area contributed by atoms with E-state index in [1.807, 2.05) is 32.5 Å². The highest BCUT2D eigenvalue weighted by Crippen LogP contribution is 1.95. The number of carbonyl (C=O) groups is 2. The number of amides is 1. The van der Waals surface area contributed by atoms with E-state index in [0.717, 1.165) is 19.5 Å². The van der Waals surface area contributed by atoms with Gasteiger partial charge in [0, 0.05) is 19.5 Å². The van der Waals surface area contributed by atoms with Gasteiger partial charge in [-0.1, -0.05) is 6.92 Å². The van der Waals surface area contributed by atoms with E-state index < -0.39 is 0 Å². The van der Waals surface area contributed by atoms with Gasteiger partial charge in [-0.15, -0.1) is 0 Å². The Morgan fingerprint density at radius 2 is 1.58 bits per heavy atom. The molecule has 0 heterocycles. The predicted octanol–water partition coefficient (Wildman–Crippen LogP) is 1.47. The third-order valence-corrected chi connectivity index (χ3v) is 1.58. The van der Waals surface area contributed by atoms with E-state index in [9.17, 15) is 4.79 Å². The van der Waals surface area contributed by atoms with E-state index >= 15 is 0 Å². The molecule has 0 N–H and O–H groups in total. The Morgan fingerprint density at radius 3 is 1.83 bits per heavy atom. The minimum atomic E-state index is 0.285. The second-order valence-corrected chi connectivity index (χ2v) is 2.32. The first-order valence-corrected chi connectivity index (χ1v) is 4.32. The Bertz CT molecular complexity index is 111. The Kier molecular flexibility index (Phi) is 11.6. The topological polar surface area (TPSA) is 37.4 Å². The van der Waals surface area contributed by atoms with Crippen molar-refractivity contribution in [3.8, 4) is 0 Å². The molecule has 0 bridgehead atoms. The summed E-state index contributed by atoms with van der Waals surface area (Å²) in [4.78, 5) is 21.0. The maximum atomic E-state index is 11.1. The monoisotopic (exact) mass is 173 g/mol. The molecule has 0 aliphatic heterocycles. The minimum absolute atomic E-state index is 0.285. The molecule has 0 aliphatic carbocycles. The molecular weight excluding hydrogens is 154 g/mol. The molecule has 0 fully saturated rings. The predicted molar refractivity (Wildman–Crippen MR) is 50.0 cm³/mol. The number of carbonyl (C=O) groups excluding carboxylic acids is 2. The zero-order valence-corrected chi connectivity index (χ0v) is 8.30. The second-order valence-electron chi connectivity index (χ2n) is 2.32. The van der Waals surface area contributed by atoms with Gasteiger partial charge >= 0.3 is 0 Å². The van der Waals surface area contributed by atoms with E-state index in [-0.39, 0.29) is 5.91 Å². The van der Waals surface area contributed by atoms with Crippen molar-refractivity contribution in [3.63, 3.8) is 0 Å². The normalized spacial score (nSPS) is 8.25. The van der Waals surface area contributed by atoms with E-state index in [1.54, 1.807) is 0 Å². The third kappa shape index (κ3) is 5.89. The molecule has 0 aromatic carbocycles. The Balaban J connectivity index is 0. The van der Waals surface area contributed by atoms with Gasteiger partial charge in [-0.2, -0.15) is 0 Å². The highest BCUT2D eigenvalue weighted by Gasteiger charge is 2.05. The molecule has 1 amide bonds. The molecule has 0 aliphatic rings. The number of hydrogen-bond donors (Lipinski definition) is 0. The molecule has 0 aromatic rings. The summed E-state index contributed by atoms with van der Waals surface area (Å²) in [6, 6.07) is 0. The highest BCUT2D eigenvalue weighted by molar-refractivity contribution is 5.75. The van der Waals surface area contributed by atoms with Gasteiger partial charge in [0.05, 0.1) is 0 Å². The smallest absolute Gasteiger partial charge is 0.222 e.